The Hall–Kier alpha value is 0.670. The molecule has 0 saturated heterocycles. The summed E-state index contributed by atoms with van der Waals surface area (Å²) in [5.74, 6) is 0.0892. The monoisotopic (exact) mass is 479 g/mol. The lowest BCUT2D eigenvalue weighted by molar-refractivity contribution is 0.132. The first-order valence-corrected chi connectivity index (χ1v) is 8.08. The molecule has 0 saturated carbocycles. The van der Waals surface area contributed by atoms with Gasteiger partial charge in [-0.05, 0) is 44.3 Å². The molecule has 0 unspecified atom stereocenters. The molecule has 0 aliphatic rings. The third-order valence-corrected chi connectivity index (χ3v) is 4.85. The van der Waals surface area contributed by atoms with Gasteiger partial charge in [0.05, 0.1) is 21.1 Å². The van der Waals surface area contributed by atoms with Crippen LogP contribution in [-0.4, -0.2) is 16.3 Å². The number of halogens is 4. The molecule has 1 rings (SSSR count). The predicted octanol–water partition coefficient (Wildman–Crippen LogP) is 4.65. The Morgan fingerprint density at radius 3 is 2.37 bits per heavy atom. The first-order valence-electron chi connectivity index (χ1n) is 5.70. The van der Waals surface area contributed by atoms with Gasteiger partial charge in [-0.25, -0.2) is 0 Å². The van der Waals surface area contributed by atoms with Crippen LogP contribution in [0.3, 0.4) is 0 Å². The number of hydrogen-bond acceptors (Lipinski definition) is 3. The van der Waals surface area contributed by atoms with Gasteiger partial charge in [0.1, 0.15) is 5.75 Å². The quantitative estimate of drug-likeness (QED) is 0.573. The van der Waals surface area contributed by atoms with Gasteiger partial charge in [-0.1, -0.05) is 35.7 Å². The molecule has 0 heterocycles. The van der Waals surface area contributed by atoms with Crippen molar-refractivity contribution in [3.8, 4) is 5.75 Å². The zero-order chi connectivity index (χ0) is 13.9. The highest BCUT2D eigenvalue weighted by molar-refractivity contribution is 9.11. The fourth-order valence-electron chi connectivity index (χ4n) is 1.69. The van der Waals surface area contributed by atoms with E-state index in [1.807, 2.05) is 0 Å². The van der Waals surface area contributed by atoms with Crippen molar-refractivity contribution in [2.45, 2.75) is 38.3 Å². The number of aliphatic hydroxyl groups excluding tert-OH is 1. The maximum absolute atomic E-state index is 10.1. The van der Waals surface area contributed by atoms with E-state index in [0.717, 1.165) is 17.3 Å². The molecule has 1 aromatic rings. The maximum Gasteiger partial charge on any atom is 0.144 e. The second-order valence-electron chi connectivity index (χ2n) is 4.15. The van der Waals surface area contributed by atoms with Gasteiger partial charge in [-0.3, -0.25) is 0 Å². The van der Waals surface area contributed by atoms with Gasteiger partial charge < -0.3 is 15.9 Å². The number of aromatic hydroxyl groups is 1. The third-order valence-electron chi connectivity index (χ3n) is 2.78. The highest BCUT2D eigenvalue weighted by atomic mass is 79.9. The van der Waals surface area contributed by atoms with Crippen molar-refractivity contribution in [3.63, 3.8) is 0 Å². The first-order chi connectivity index (χ1) is 8.40. The Morgan fingerprint density at radius 2 is 1.84 bits per heavy atom. The van der Waals surface area contributed by atoms with E-state index >= 15 is 0 Å². The van der Waals surface area contributed by atoms with E-state index in [4.69, 9.17) is 5.73 Å². The van der Waals surface area contributed by atoms with Crippen molar-refractivity contribution in [1.82, 2.24) is 0 Å². The van der Waals surface area contributed by atoms with Gasteiger partial charge in [0, 0.05) is 10.0 Å². The standard InChI is InChI=1S/C12H16Br3NO2.ClH/c1-2-3-4-8(17)11(16)9-6(13)5-7(14)12(18)10(9)15;/h5,8,11,17-18H,2-4,16H2,1H3;1H/t8-,11-;/m0./s1. The minimum Gasteiger partial charge on any atom is -0.506 e. The lowest BCUT2D eigenvalue weighted by Crippen LogP contribution is -2.26. The number of aliphatic hydroxyl groups is 1. The Balaban J connectivity index is 0.00000324. The van der Waals surface area contributed by atoms with E-state index in [1.165, 1.54) is 0 Å². The Bertz CT molecular complexity index is 432. The molecule has 110 valence electrons. The molecule has 1 aromatic carbocycles. The zero-order valence-corrected chi connectivity index (χ0v) is 15.9. The topological polar surface area (TPSA) is 66.5 Å². The number of unbranched alkanes of at least 4 members (excludes halogenated alkanes) is 1. The summed E-state index contributed by atoms with van der Waals surface area (Å²) in [6.45, 7) is 2.07. The van der Waals surface area contributed by atoms with Crippen molar-refractivity contribution >= 4 is 60.2 Å². The largest absolute Gasteiger partial charge is 0.506 e. The lowest BCUT2D eigenvalue weighted by atomic mass is 9.98. The SMILES string of the molecule is CCCC[C@H](O)[C@H](N)c1c(Br)cc(Br)c(O)c1Br.Cl. The van der Waals surface area contributed by atoms with Crippen LogP contribution in [0.2, 0.25) is 0 Å². The van der Waals surface area contributed by atoms with Gasteiger partial charge in [0.25, 0.3) is 0 Å². The molecule has 0 aliphatic carbocycles. The highest BCUT2D eigenvalue weighted by Gasteiger charge is 2.24. The molecule has 0 fully saturated rings. The van der Waals surface area contributed by atoms with E-state index < -0.39 is 12.1 Å². The molecular weight excluding hydrogens is 465 g/mol. The molecule has 0 radical (unpaired) electrons. The summed E-state index contributed by atoms with van der Waals surface area (Å²) in [4.78, 5) is 0. The number of phenolic OH excluding ortho intramolecular Hbond substituents is 1. The van der Waals surface area contributed by atoms with Crippen molar-refractivity contribution < 1.29 is 10.2 Å². The molecule has 19 heavy (non-hydrogen) atoms. The highest BCUT2D eigenvalue weighted by Crippen LogP contribution is 2.42. The molecule has 0 amide bonds. The van der Waals surface area contributed by atoms with Gasteiger partial charge in [-0.15, -0.1) is 12.4 Å². The molecule has 3 nitrogen and oxygen atoms in total. The second kappa shape index (κ2) is 8.85. The van der Waals surface area contributed by atoms with Gasteiger partial charge >= 0.3 is 0 Å². The molecule has 2 atom stereocenters. The van der Waals surface area contributed by atoms with Crippen LogP contribution < -0.4 is 5.73 Å². The summed E-state index contributed by atoms with van der Waals surface area (Å²) in [7, 11) is 0. The molecule has 0 aromatic heterocycles. The van der Waals surface area contributed by atoms with Crippen LogP contribution in [-0.2, 0) is 0 Å². The molecule has 0 spiro atoms. The van der Waals surface area contributed by atoms with Crippen LogP contribution in [0.4, 0.5) is 0 Å². The predicted molar refractivity (Wildman–Crippen MR) is 90.9 cm³/mol. The fraction of sp³-hybridized carbons (Fsp3) is 0.500. The summed E-state index contributed by atoms with van der Waals surface area (Å²) in [6.07, 6.45) is 1.95. The van der Waals surface area contributed by atoms with Crippen LogP contribution >= 0.6 is 60.2 Å². The third kappa shape index (κ3) is 4.86. The van der Waals surface area contributed by atoms with Crippen molar-refractivity contribution in [2.75, 3.05) is 0 Å². The molecule has 4 N–H and O–H groups in total. The van der Waals surface area contributed by atoms with Gasteiger partial charge in [0.2, 0.25) is 0 Å². The van der Waals surface area contributed by atoms with Crippen LogP contribution in [0.25, 0.3) is 0 Å². The number of hydrogen-bond donors (Lipinski definition) is 3. The second-order valence-corrected chi connectivity index (χ2v) is 6.65. The first kappa shape index (κ1) is 19.7. The van der Waals surface area contributed by atoms with Crippen LogP contribution in [0, 0.1) is 0 Å². The zero-order valence-electron chi connectivity index (χ0n) is 10.4. The number of benzene rings is 1. The number of nitrogens with two attached hydrogens (primary N) is 1. The van der Waals surface area contributed by atoms with Crippen molar-refractivity contribution in [1.29, 1.82) is 0 Å². The van der Waals surface area contributed by atoms with Crippen LogP contribution in [0.1, 0.15) is 37.8 Å². The van der Waals surface area contributed by atoms with E-state index in [1.54, 1.807) is 6.07 Å². The smallest absolute Gasteiger partial charge is 0.144 e. The normalized spacial score (nSPS) is 13.8. The minimum absolute atomic E-state index is 0. The molecule has 0 bridgehead atoms. The molecule has 0 aliphatic heterocycles. The van der Waals surface area contributed by atoms with Gasteiger partial charge in [0.15, 0.2) is 0 Å². The van der Waals surface area contributed by atoms with Crippen molar-refractivity contribution in [2.24, 2.45) is 5.73 Å². The number of phenols is 1. The number of rotatable bonds is 5. The van der Waals surface area contributed by atoms with Crippen molar-refractivity contribution in [3.05, 3.63) is 25.0 Å². The summed E-state index contributed by atoms with van der Waals surface area (Å²) >= 11 is 9.97. The average Bonchev–Trinajstić information content (AvgIpc) is 2.33. The summed E-state index contributed by atoms with van der Waals surface area (Å²) < 4.78 is 1.83. The Kier molecular flexibility index (Phi) is 9.16. The lowest BCUT2D eigenvalue weighted by Gasteiger charge is -2.22. The fourth-order valence-corrected chi connectivity index (χ4v) is 4.33. The average molecular weight is 482 g/mol. The molecular formula is C12H17Br3ClNO2. The minimum atomic E-state index is -0.627. The van der Waals surface area contributed by atoms with Crippen LogP contribution in [0.15, 0.2) is 19.5 Å². The maximum atomic E-state index is 10.1. The van der Waals surface area contributed by atoms with E-state index in [-0.39, 0.29) is 18.2 Å². The summed E-state index contributed by atoms with van der Waals surface area (Å²) in [5, 5.41) is 19.9. The van der Waals surface area contributed by atoms with E-state index in [9.17, 15) is 10.2 Å². The van der Waals surface area contributed by atoms with E-state index in [2.05, 4.69) is 54.7 Å². The van der Waals surface area contributed by atoms with Crippen LogP contribution in [0.5, 0.6) is 5.75 Å². The summed E-state index contributed by atoms with van der Waals surface area (Å²) in [6, 6.07) is 1.18. The Morgan fingerprint density at radius 1 is 1.26 bits per heavy atom. The van der Waals surface area contributed by atoms with Gasteiger partial charge in [-0.2, -0.15) is 0 Å². The Labute approximate surface area is 144 Å². The van der Waals surface area contributed by atoms with E-state index in [0.29, 0.717) is 20.9 Å². The molecule has 7 heteroatoms. The summed E-state index contributed by atoms with van der Waals surface area (Å²) in [5.41, 5.74) is 6.74.